The zero-order chi connectivity index (χ0) is 14.3. The van der Waals surface area contributed by atoms with Crippen LogP contribution in [0.15, 0.2) is 0 Å². The van der Waals surface area contributed by atoms with E-state index in [0.717, 1.165) is 38.3 Å². The van der Waals surface area contributed by atoms with Crippen molar-refractivity contribution in [3.8, 4) is 0 Å². The second kappa shape index (κ2) is 5.05. The number of nitrogens with one attached hydrogen (secondary N) is 1. The monoisotopic (exact) mass is 279 g/mol. The minimum atomic E-state index is -0.354. The third kappa shape index (κ3) is 2.06. The normalized spacial score (nSPS) is 25.8. The molecule has 2 atom stereocenters. The molecular weight excluding hydrogens is 258 g/mol. The average molecular weight is 279 g/mol. The van der Waals surface area contributed by atoms with Gasteiger partial charge in [-0.3, -0.25) is 4.57 Å². The van der Waals surface area contributed by atoms with Crippen LogP contribution < -0.4 is 10.2 Å². The maximum atomic E-state index is 11.3. The summed E-state index contributed by atoms with van der Waals surface area (Å²) in [5, 5.41) is 14.8. The smallest absolute Gasteiger partial charge is 0.358 e. The quantitative estimate of drug-likeness (QED) is 0.667. The molecule has 2 aliphatic heterocycles. The van der Waals surface area contributed by atoms with Crippen LogP contribution in [-0.2, 0) is 6.54 Å². The largest absolute Gasteiger partial charge is 0.406 e. The highest BCUT2D eigenvalue weighted by atomic mass is 16.6. The number of aryl methyl sites for hydroxylation is 1. The van der Waals surface area contributed by atoms with Crippen LogP contribution in [0.5, 0.6) is 0 Å². The van der Waals surface area contributed by atoms with E-state index in [-0.39, 0.29) is 10.7 Å². The number of nitrogens with zero attached hydrogens (tertiary/aromatic N) is 4. The Hall–Kier alpha value is -1.63. The van der Waals surface area contributed by atoms with Crippen LogP contribution in [0.2, 0.25) is 0 Å². The van der Waals surface area contributed by atoms with Gasteiger partial charge in [0.1, 0.15) is 0 Å². The molecule has 1 aromatic rings. The SMILES string of the molecule is CCn1c(C)nc([N+](=O)[O-])c1N1CCC2NCCC2C1. The first-order chi connectivity index (χ1) is 9.61. The van der Waals surface area contributed by atoms with E-state index < -0.39 is 0 Å². The van der Waals surface area contributed by atoms with Gasteiger partial charge in [-0.05, 0) is 42.1 Å². The van der Waals surface area contributed by atoms with Gasteiger partial charge < -0.3 is 20.3 Å². The van der Waals surface area contributed by atoms with Gasteiger partial charge in [0.2, 0.25) is 11.6 Å². The highest BCUT2D eigenvalue weighted by Gasteiger charge is 2.37. The lowest BCUT2D eigenvalue weighted by molar-refractivity contribution is -0.388. The third-order valence-corrected chi connectivity index (χ3v) is 4.56. The fraction of sp³-hybridized carbons (Fsp3) is 0.769. The van der Waals surface area contributed by atoms with Crippen LogP contribution in [0.25, 0.3) is 0 Å². The minimum absolute atomic E-state index is 0.00811. The molecular formula is C13H21N5O2. The predicted molar refractivity (Wildman–Crippen MR) is 76.0 cm³/mol. The standard InChI is InChI=1S/C13H21N5O2/c1-3-17-9(2)15-12(18(19)20)13(17)16-7-5-11-10(8-16)4-6-14-11/h10-11,14H,3-8H2,1-2H3. The maximum Gasteiger partial charge on any atom is 0.406 e. The van der Waals surface area contributed by atoms with E-state index in [2.05, 4.69) is 15.2 Å². The maximum absolute atomic E-state index is 11.3. The number of imidazole rings is 1. The summed E-state index contributed by atoms with van der Waals surface area (Å²) in [5.41, 5.74) is 0. The molecule has 3 heterocycles. The van der Waals surface area contributed by atoms with Crippen molar-refractivity contribution in [1.82, 2.24) is 14.9 Å². The van der Waals surface area contributed by atoms with Crippen LogP contribution in [0, 0.1) is 23.0 Å². The Balaban J connectivity index is 1.94. The molecule has 2 aliphatic rings. The lowest BCUT2D eigenvalue weighted by Gasteiger charge is -2.35. The summed E-state index contributed by atoms with van der Waals surface area (Å²) in [6, 6.07) is 0.587. The summed E-state index contributed by atoms with van der Waals surface area (Å²) >= 11 is 0. The van der Waals surface area contributed by atoms with Crippen LogP contribution in [-0.4, -0.2) is 40.2 Å². The predicted octanol–water partition coefficient (Wildman–Crippen LogP) is 1.31. The first-order valence-corrected chi connectivity index (χ1v) is 7.31. The summed E-state index contributed by atoms with van der Waals surface area (Å²) in [5.74, 6) is 2.03. The van der Waals surface area contributed by atoms with Crippen molar-refractivity contribution in [1.29, 1.82) is 0 Å². The van der Waals surface area contributed by atoms with Gasteiger partial charge in [0, 0.05) is 32.6 Å². The lowest BCUT2D eigenvalue weighted by atomic mass is 9.93. The number of rotatable bonds is 3. The Kier molecular flexibility index (Phi) is 3.37. The average Bonchev–Trinajstić information content (AvgIpc) is 3.01. The van der Waals surface area contributed by atoms with Crippen molar-refractivity contribution in [3.63, 3.8) is 0 Å². The molecule has 20 heavy (non-hydrogen) atoms. The molecule has 0 saturated carbocycles. The lowest BCUT2D eigenvalue weighted by Crippen LogP contribution is -2.45. The van der Waals surface area contributed by atoms with Gasteiger partial charge in [0.25, 0.3) is 0 Å². The number of hydrogen-bond acceptors (Lipinski definition) is 5. The van der Waals surface area contributed by atoms with E-state index in [1.807, 2.05) is 18.4 Å². The molecule has 1 N–H and O–H groups in total. The molecule has 2 unspecified atom stereocenters. The molecule has 1 aromatic heterocycles. The second-order valence-corrected chi connectivity index (χ2v) is 5.65. The Morgan fingerprint density at radius 2 is 2.30 bits per heavy atom. The van der Waals surface area contributed by atoms with Crippen molar-refractivity contribution in [2.45, 2.75) is 39.3 Å². The second-order valence-electron chi connectivity index (χ2n) is 5.65. The first kappa shape index (κ1) is 13.4. The van der Waals surface area contributed by atoms with Crippen LogP contribution in [0.4, 0.5) is 11.6 Å². The molecule has 7 heteroatoms. The topological polar surface area (TPSA) is 76.2 Å². The highest BCUT2D eigenvalue weighted by Crippen LogP contribution is 2.34. The van der Waals surface area contributed by atoms with Gasteiger partial charge in [-0.25, -0.2) is 0 Å². The fourth-order valence-corrected chi connectivity index (χ4v) is 3.59. The molecule has 0 radical (unpaired) electrons. The summed E-state index contributed by atoms with van der Waals surface area (Å²) in [7, 11) is 0. The van der Waals surface area contributed by atoms with Crippen molar-refractivity contribution < 1.29 is 4.92 Å². The van der Waals surface area contributed by atoms with Crippen molar-refractivity contribution in [2.75, 3.05) is 24.5 Å². The number of nitro groups is 1. The molecule has 3 rings (SSSR count). The number of piperidine rings is 1. The van der Waals surface area contributed by atoms with E-state index in [1.165, 1.54) is 0 Å². The van der Waals surface area contributed by atoms with Crippen molar-refractivity contribution >= 4 is 11.6 Å². The van der Waals surface area contributed by atoms with Gasteiger partial charge in [0.15, 0.2) is 0 Å². The number of aromatic nitrogens is 2. The van der Waals surface area contributed by atoms with Gasteiger partial charge in [-0.15, -0.1) is 0 Å². The van der Waals surface area contributed by atoms with Crippen molar-refractivity contribution in [3.05, 3.63) is 15.9 Å². The number of fused-ring (bicyclic) bond motifs is 1. The molecule has 7 nitrogen and oxygen atoms in total. The van der Waals surface area contributed by atoms with Crippen LogP contribution in [0.1, 0.15) is 25.6 Å². The summed E-state index contributed by atoms with van der Waals surface area (Å²) in [4.78, 5) is 17.2. The fourth-order valence-electron chi connectivity index (χ4n) is 3.59. The summed E-state index contributed by atoms with van der Waals surface area (Å²) < 4.78 is 1.96. The Morgan fingerprint density at radius 1 is 1.50 bits per heavy atom. The molecule has 2 fully saturated rings. The van der Waals surface area contributed by atoms with Crippen LogP contribution in [0.3, 0.4) is 0 Å². The highest BCUT2D eigenvalue weighted by molar-refractivity contribution is 5.56. The van der Waals surface area contributed by atoms with E-state index in [4.69, 9.17) is 0 Å². The molecule has 2 saturated heterocycles. The van der Waals surface area contributed by atoms with Gasteiger partial charge in [0.05, 0.1) is 0 Å². The van der Waals surface area contributed by atoms with Gasteiger partial charge in [-0.1, -0.05) is 0 Å². The van der Waals surface area contributed by atoms with Crippen LogP contribution >= 0.6 is 0 Å². The summed E-state index contributed by atoms with van der Waals surface area (Å²) in [6.07, 6.45) is 2.21. The molecule has 0 amide bonds. The number of anilines is 1. The molecule has 0 aliphatic carbocycles. The van der Waals surface area contributed by atoms with E-state index in [0.29, 0.717) is 24.3 Å². The van der Waals surface area contributed by atoms with Gasteiger partial charge >= 0.3 is 5.82 Å². The Morgan fingerprint density at radius 3 is 3.00 bits per heavy atom. The zero-order valence-corrected chi connectivity index (χ0v) is 12.0. The first-order valence-electron chi connectivity index (χ1n) is 7.31. The minimum Gasteiger partial charge on any atom is -0.358 e. The number of hydrogen-bond donors (Lipinski definition) is 1. The summed E-state index contributed by atoms with van der Waals surface area (Å²) in [6.45, 7) is 7.38. The Labute approximate surface area is 118 Å². The van der Waals surface area contributed by atoms with E-state index >= 15 is 0 Å². The van der Waals surface area contributed by atoms with E-state index in [1.54, 1.807) is 0 Å². The van der Waals surface area contributed by atoms with Gasteiger partial charge in [-0.2, -0.15) is 0 Å². The Bertz CT molecular complexity index is 527. The zero-order valence-electron chi connectivity index (χ0n) is 12.0. The van der Waals surface area contributed by atoms with Crippen molar-refractivity contribution in [2.24, 2.45) is 5.92 Å². The molecule has 110 valence electrons. The van der Waals surface area contributed by atoms with E-state index in [9.17, 15) is 10.1 Å². The third-order valence-electron chi connectivity index (χ3n) is 4.56. The molecule has 0 aromatic carbocycles. The molecule has 0 spiro atoms. The molecule has 0 bridgehead atoms.